The van der Waals surface area contributed by atoms with Crippen molar-refractivity contribution >= 4 is 39.5 Å². The molecule has 0 aromatic carbocycles. The fourth-order valence-corrected chi connectivity index (χ4v) is 12.7. The van der Waals surface area contributed by atoms with Gasteiger partial charge in [-0.05, 0) is 37.5 Å². The van der Waals surface area contributed by atoms with Crippen LogP contribution >= 0.6 is 15.6 Å². The lowest BCUT2D eigenvalue weighted by atomic mass is 10.00. The minimum absolute atomic E-state index is 0.103. The first-order valence-corrected chi connectivity index (χ1v) is 41.0. The van der Waals surface area contributed by atoms with Crippen molar-refractivity contribution in [1.82, 2.24) is 0 Å². The number of phosphoric ester groups is 2. The predicted octanol–water partition coefficient (Wildman–Crippen LogP) is 21.2. The van der Waals surface area contributed by atoms with Gasteiger partial charge in [0, 0.05) is 25.7 Å². The van der Waals surface area contributed by atoms with E-state index >= 15 is 0 Å². The average Bonchev–Trinajstić information content (AvgIpc) is 3.64. The van der Waals surface area contributed by atoms with E-state index in [9.17, 15) is 43.2 Å². The van der Waals surface area contributed by atoms with Crippen molar-refractivity contribution in [3.8, 4) is 0 Å². The fraction of sp³-hybridized carbons (Fsp3) is 0.945. The molecular weight excluding hydrogens is 1210 g/mol. The van der Waals surface area contributed by atoms with Crippen LogP contribution in [0.25, 0.3) is 0 Å². The van der Waals surface area contributed by atoms with Crippen molar-refractivity contribution < 1.29 is 80.2 Å². The van der Waals surface area contributed by atoms with Crippen molar-refractivity contribution in [3.05, 3.63) is 0 Å². The van der Waals surface area contributed by atoms with Crippen LogP contribution < -0.4 is 0 Å². The Kier molecular flexibility index (Phi) is 63.7. The number of hydrogen-bond acceptors (Lipinski definition) is 15. The number of rotatable bonds is 72. The summed E-state index contributed by atoms with van der Waals surface area (Å²) in [5, 5.41) is 10.6. The van der Waals surface area contributed by atoms with Crippen LogP contribution in [0.3, 0.4) is 0 Å². The molecule has 0 radical (unpaired) electrons. The van der Waals surface area contributed by atoms with Gasteiger partial charge in [0.05, 0.1) is 26.4 Å². The van der Waals surface area contributed by atoms with Crippen molar-refractivity contribution in [2.24, 2.45) is 11.8 Å². The Bertz CT molecular complexity index is 1790. The molecule has 0 bridgehead atoms. The van der Waals surface area contributed by atoms with Crippen molar-refractivity contribution in [3.63, 3.8) is 0 Å². The first-order valence-electron chi connectivity index (χ1n) is 38.0. The molecule has 0 saturated heterocycles. The summed E-state index contributed by atoms with van der Waals surface area (Å²) in [7, 11) is -9.90. The molecule has 0 aromatic heterocycles. The fourth-order valence-electron chi connectivity index (χ4n) is 11.1. The van der Waals surface area contributed by atoms with Gasteiger partial charge < -0.3 is 33.8 Å². The largest absolute Gasteiger partial charge is 0.472 e. The second-order valence-electron chi connectivity index (χ2n) is 27.1. The number of phosphoric acid groups is 2. The van der Waals surface area contributed by atoms with Crippen molar-refractivity contribution in [2.45, 2.75) is 394 Å². The maximum atomic E-state index is 13.0. The number of aliphatic hydroxyl groups is 1. The van der Waals surface area contributed by atoms with Crippen molar-refractivity contribution in [1.29, 1.82) is 0 Å². The van der Waals surface area contributed by atoms with Crippen LogP contribution in [0.4, 0.5) is 0 Å². The lowest BCUT2D eigenvalue weighted by Gasteiger charge is -2.21. The molecule has 17 nitrogen and oxygen atoms in total. The molecule has 3 unspecified atom stereocenters. The van der Waals surface area contributed by atoms with E-state index in [0.29, 0.717) is 31.6 Å². The van der Waals surface area contributed by atoms with E-state index in [2.05, 4.69) is 41.5 Å². The maximum Gasteiger partial charge on any atom is 0.472 e. The molecule has 6 atom stereocenters. The zero-order valence-corrected chi connectivity index (χ0v) is 61.6. The summed E-state index contributed by atoms with van der Waals surface area (Å²) in [6.07, 6.45) is 51.7. The van der Waals surface area contributed by atoms with Gasteiger partial charge in [-0.25, -0.2) is 9.13 Å². The van der Waals surface area contributed by atoms with Gasteiger partial charge in [0.15, 0.2) is 12.2 Å². The minimum Gasteiger partial charge on any atom is -0.462 e. The van der Waals surface area contributed by atoms with Gasteiger partial charge in [-0.1, -0.05) is 324 Å². The second-order valence-corrected chi connectivity index (χ2v) is 30.0. The van der Waals surface area contributed by atoms with Gasteiger partial charge in [-0.15, -0.1) is 0 Å². The van der Waals surface area contributed by atoms with E-state index in [4.69, 9.17) is 37.0 Å². The third-order valence-corrected chi connectivity index (χ3v) is 19.2. The Balaban J connectivity index is 5.13. The summed E-state index contributed by atoms with van der Waals surface area (Å²) in [6, 6.07) is 0. The number of hydrogen-bond donors (Lipinski definition) is 3. The number of aliphatic hydroxyl groups excluding tert-OH is 1. The van der Waals surface area contributed by atoms with E-state index < -0.39 is 97.5 Å². The molecule has 0 aliphatic rings. The first kappa shape index (κ1) is 90.1. The van der Waals surface area contributed by atoms with Gasteiger partial charge in [0.25, 0.3) is 0 Å². The third-order valence-electron chi connectivity index (χ3n) is 17.3. The first-order chi connectivity index (χ1) is 44.4. The summed E-state index contributed by atoms with van der Waals surface area (Å²) >= 11 is 0. The van der Waals surface area contributed by atoms with E-state index in [1.807, 2.05) is 0 Å². The Morgan fingerprint density at radius 3 is 0.826 bits per heavy atom. The monoisotopic (exact) mass is 1350 g/mol. The van der Waals surface area contributed by atoms with Gasteiger partial charge in [0.2, 0.25) is 0 Å². The second kappa shape index (κ2) is 65.0. The SMILES string of the molecule is CCCCCCCCCCCCCCCCCCCCCCCCC(=O)O[C@H](COC(=O)CCCCCCCCCC(C)C)COP(=O)(O)OC[C@@H](O)COP(=O)(O)OC[C@@H](COC(=O)CCCCCCCCCCCC)OC(=O)CCCCCCCCC(C)CC. The molecule has 3 N–H and O–H groups in total. The molecule has 0 amide bonds. The smallest absolute Gasteiger partial charge is 0.462 e. The zero-order chi connectivity index (χ0) is 67.9. The highest BCUT2D eigenvalue weighted by atomic mass is 31.2. The molecule has 0 aliphatic heterocycles. The molecule has 0 aliphatic carbocycles. The summed E-state index contributed by atoms with van der Waals surface area (Å²) in [6.45, 7) is 9.45. The highest BCUT2D eigenvalue weighted by Gasteiger charge is 2.30. The summed E-state index contributed by atoms with van der Waals surface area (Å²) in [5.41, 5.74) is 0. The number of esters is 4. The van der Waals surface area contributed by atoms with E-state index in [1.54, 1.807) is 0 Å². The van der Waals surface area contributed by atoms with Crippen LogP contribution in [0.1, 0.15) is 375 Å². The Hall–Kier alpha value is -1.94. The molecule has 0 saturated carbocycles. The van der Waals surface area contributed by atoms with Crippen LogP contribution in [-0.2, 0) is 65.4 Å². The van der Waals surface area contributed by atoms with Crippen molar-refractivity contribution in [2.75, 3.05) is 39.6 Å². The van der Waals surface area contributed by atoms with Gasteiger partial charge in [0.1, 0.15) is 19.3 Å². The number of ether oxygens (including phenoxy) is 4. The number of carbonyl (C=O) groups is 4. The topological polar surface area (TPSA) is 237 Å². The molecule has 0 spiro atoms. The molecule has 0 rings (SSSR count). The lowest BCUT2D eigenvalue weighted by Crippen LogP contribution is -2.30. The van der Waals surface area contributed by atoms with Crippen LogP contribution in [0.15, 0.2) is 0 Å². The van der Waals surface area contributed by atoms with Gasteiger partial charge in [-0.2, -0.15) is 0 Å². The van der Waals surface area contributed by atoms with Crippen LogP contribution in [0, 0.1) is 11.8 Å². The molecule has 0 fully saturated rings. The molecule has 546 valence electrons. The molecular formula is C73H142O17P2. The third kappa shape index (κ3) is 65.4. The summed E-state index contributed by atoms with van der Waals surface area (Å²) < 4.78 is 68.3. The van der Waals surface area contributed by atoms with Crippen LogP contribution in [0.2, 0.25) is 0 Å². The number of unbranched alkanes of at least 4 members (excludes halogenated alkanes) is 41. The average molecular weight is 1350 g/mol. The Morgan fingerprint density at radius 2 is 0.554 bits per heavy atom. The quantitative estimate of drug-likeness (QED) is 0.0222. The predicted molar refractivity (Wildman–Crippen MR) is 372 cm³/mol. The number of carbonyl (C=O) groups excluding carboxylic acids is 4. The summed E-state index contributed by atoms with van der Waals surface area (Å²) in [4.78, 5) is 72.5. The van der Waals surface area contributed by atoms with E-state index in [1.165, 1.54) is 186 Å². The van der Waals surface area contributed by atoms with Gasteiger partial charge in [-0.3, -0.25) is 37.3 Å². The highest BCUT2D eigenvalue weighted by molar-refractivity contribution is 7.47. The lowest BCUT2D eigenvalue weighted by molar-refractivity contribution is -0.161. The molecule has 92 heavy (non-hydrogen) atoms. The zero-order valence-electron chi connectivity index (χ0n) is 59.9. The summed E-state index contributed by atoms with van der Waals surface area (Å²) in [5.74, 6) is -0.702. The normalized spacial score (nSPS) is 14.4. The highest BCUT2D eigenvalue weighted by Crippen LogP contribution is 2.45. The van der Waals surface area contributed by atoms with Gasteiger partial charge >= 0.3 is 39.5 Å². The molecule has 0 aromatic rings. The maximum absolute atomic E-state index is 13.0. The Morgan fingerprint density at radius 1 is 0.315 bits per heavy atom. The molecule has 0 heterocycles. The van der Waals surface area contributed by atoms with E-state index in [0.717, 1.165) is 102 Å². The minimum atomic E-state index is -4.95. The molecule has 19 heteroatoms. The van der Waals surface area contributed by atoms with Crippen LogP contribution in [0.5, 0.6) is 0 Å². The standard InChI is InChI=1S/C73H142O17P2/c1-7-10-12-14-16-18-20-21-22-23-24-25-26-27-28-29-30-31-33-37-45-51-57-72(77)89-68(61-84-71(76)56-50-44-38-34-35-41-47-53-65(4)5)63-87-91(79,80)85-59-67(74)60-86-92(81,82)88-64-69(90-73(78)58-52-46-40-39-42-48-54-66(6)9-3)62-83-70(75)55-49-43-36-32-19-17-15-13-11-8-2/h65-69,74H,7-64H2,1-6H3,(H,79,80)(H,81,82)/t66?,67-,68-,69-/m1/s1. The van der Waals surface area contributed by atoms with E-state index in [-0.39, 0.29) is 25.7 Å². The van der Waals surface area contributed by atoms with Crippen LogP contribution in [-0.4, -0.2) is 96.7 Å². The Labute approximate surface area is 562 Å².